The normalized spacial score (nSPS) is 10.2. The van der Waals surface area contributed by atoms with Crippen LogP contribution in [-0.4, -0.2) is 16.0 Å². The molecule has 0 atom stereocenters. The molecular formula is C5H8N2OS2. The van der Waals surface area contributed by atoms with Crippen LogP contribution in [0.4, 0.5) is 5.13 Å². The topological polar surface area (TPSA) is 59.1 Å². The third-order valence-corrected chi connectivity index (χ3v) is 3.04. The van der Waals surface area contributed by atoms with Gasteiger partial charge in [-0.2, -0.15) is 0 Å². The average Bonchev–Trinajstić information content (AvgIpc) is 2.13. The van der Waals surface area contributed by atoms with E-state index >= 15 is 0 Å². The highest BCUT2D eigenvalue weighted by Gasteiger charge is 2.03. The second kappa shape index (κ2) is 3.23. The summed E-state index contributed by atoms with van der Waals surface area (Å²) in [5, 5.41) is 9.12. The predicted molar refractivity (Wildman–Crippen MR) is 44.2 cm³/mol. The maximum absolute atomic E-state index is 8.55. The summed E-state index contributed by atoms with van der Waals surface area (Å²) in [7, 11) is 0. The Morgan fingerprint density at radius 2 is 2.50 bits per heavy atom. The highest BCUT2D eigenvalue weighted by Crippen LogP contribution is 2.29. The quantitative estimate of drug-likeness (QED) is 0.523. The number of nitrogen functional groups attached to an aromatic ring is 1. The second-order valence-corrected chi connectivity index (χ2v) is 3.94. The van der Waals surface area contributed by atoms with E-state index in [-0.39, 0.29) is 5.94 Å². The van der Waals surface area contributed by atoms with Crippen molar-refractivity contribution in [2.75, 3.05) is 11.7 Å². The van der Waals surface area contributed by atoms with E-state index in [2.05, 4.69) is 4.98 Å². The molecule has 0 aliphatic heterocycles. The first kappa shape index (κ1) is 7.84. The van der Waals surface area contributed by atoms with E-state index in [4.69, 9.17) is 10.8 Å². The monoisotopic (exact) mass is 176 g/mol. The molecule has 0 saturated heterocycles. The van der Waals surface area contributed by atoms with Gasteiger partial charge in [0.1, 0.15) is 0 Å². The summed E-state index contributed by atoms with van der Waals surface area (Å²) < 4.78 is 1.00. The van der Waals surface area contributed by atoms with Crippen molar-refractivity contribution in [3.05, 3.63) is 5.69 Å². The molecule has 3 N–H and O–H groups in total. The Hall–Kier alpha value is -0.260. The van der Waals surface area contributed by atoms with Crippen LogP contribution in [0.2, 0.25) is 0 Å². The molecule has 0 radical (unpaired) electrons. The number of aromatic nitrogens is 1. The third-order valence-electron chi connectivity index (χ3n) is 0.966. The summed E-state index contributed by atoms with van der Waals surface area (Å²) in [5.74, 6) is 0.0858. The fraction of sp³-hybridized carbons (Fsp3) is 0.400. The standard InChI is InChI=1S/C5H8N2OS2/c1-3-4(9-2-8)10-5(6)7-3/h8H,2H2,1H3,(H2,6,7). The first-order valence-electron chi connectivity index (χ1n) is 2.70. The van der Waals surface area contributed by atoms with Crippen molar-refractivity contribution >= 4 is 28.2 Å². The van der Waals surface area contributed by atoms with Crippen LogP contribution >= 0.6 is 23.1 Å². The van der Waals surface area contributed by atoms with Crippen LogP contribution in [0.3, 0.4) is 0 Å². The molecule has 0 unspecified atom stereocenters. The van der Waals surface area contributed by atoms with Crippen molar-refractivity contribution in [3.8, 4) is 0 Å². The molecule has 0 saturated carbocycles. The van der Waals surface area contributed by atoms with Crippen LogP contribution in [-0.2, 0) is 0 Å². The van der Waals surface area contributed by atoms with Gasteiger partial charge in [0, 0.05) is 0 Å². The minimum atomic E-state index is 0.0858. The minimum Gasteiger partial charge on any atom is -0.385 e. The number of aliphatic hydroxyl groups is 1. The number of thioether (sulfide) groups is 1. The number of hydrogen-bond donors (Lipinski definition) is 2. The van der Waals surface area contributed by atoms with Crippen LogP contribution in [0.1, 0.15) is 5.69 Å². The molecular weight excluding hydrogens is 168 g/mol. The van der Waals surface area contributed by atoms with Gasteiger partial charge in [-0.25, -0.2) is 4.98 Å². The van der Waals surface area contributed by atoms with Crippen LogP contribution in [0.5, 0.6) is 0 Å². The molecule has 0 aliphatic rings. The summed E-state index contributed by atoms with van der Waals surface area (Å²) >= 11 is 2.76. The lowest BCUT2D eigenvalue weighted by atomic mass is 10.6. The number of nitrogens with two attached hydrogens (primary N) is 1. The Kier molecular flexibility index (Phi) is 2.53. The van der Waals surface area contributed by atoms with Crippen molar-refractivity contribution in [1.82, 2.24) is 4.98 Å². The molecule has 0 amide bonds. The van der Waals surface area contributed by atoms with Gasteiger partial charge in [0.25, 0.3) is 0 Å². The van der Waals surface area contributed by atoms with Crippen molar-refractivity contribution in [2.45, 2.75) is 11.1 Å². The Morgan fingerprint density at radius 1 is 1.80 bits per heavy atom. The summed E-state index contributed by atoms with van der Waals surface area (Å²) in [6.45, 7) is 1.88. The molecule has 0 bridgehead atoms. The third kappa shape index (κ3) is 1.62. The van der Waals surface area contributed by atoms with Crippen molar-refractivity contribution in [2.24, 2.45) is 0 Å². The SMILES string of the molecule is Cc1nc(N)sc1SCO. The maximum Gasteiger partial charge on any atom is 0.181 e. The van der Waals surface area contributed by atoms with Crippen LogP contribution in [0, 0.1) is 6.92 Å². The van der Waals surface area contributed by atoms with Gasteiger partial charge in [-0.3, -0.25) is 0 Å². The lowest BCUT2D eigenvalue weighted by molar-refractivity contribution is 0.375. The van der Waals surface area contributed by atoms with Crippen molar-refractivity contribution < 1.29 is 5.11 Å². The number of anilines is 1. The zero-order chi connectivity index (χ0) is 7.56. The Morgan fingerprint density at radius 3 is 2.90 bits per heavy atom. The Labute approximate surface area is 67.3 Å². The number of aryl methyl sites for hydroxylation is 1. The molecule has 1 heterocycles. The molecule has 1 aromatic rings. The molecule has 5 heteroatoms. The number of aliphatic hydroxyl groups excluding tert-OH is 1. The summed E-state index contributed by atoms with van der Waals surface area (Å²) in [4.78, 5) is 3.99. The van der Waals surface area contributed by atoms with E-state index in [1.165, 1.54) is 23.1 Å². The van der Waals surface area contributed by atoms with E-state index in [9.17, 15) is 0 Å². The molecule has 0 aliphatic carbocycles. The van der Waals surface area contributed by atoms with Gasteiger partial charge >= 0.3 is 0 Å². The highest BCUT2D eigenvalue weighted by molar-refractivity contribution is 8.01. The van der Waals surface area contributed by atoms with Gasteiger partial charge in [-0.05, 0) is 6.92 Å². The van der Waals surface area contributed by atoms with Gasteiger partial charge < -0.3 is 10.8 Å². The average molecular weight is 176 g/mol. The zero-order valence-corrected chi connectivity index (χ0v) is 7.13. The molecule has 0 spiro atoms. The highest BCUT2D eigenvalue weighted by atomic mass is 32.2. The predicted octanol–water partition coefficient (Wildman–Crippen LogP) is 1.08. The first-order valence-corrected chi connectivity index (χ1v) is 4.51. The van der Waals surface area contributed by atoms with E-state index in [0.717, 1.165) is 9.90 Å². The van der Waals surface area contributed by atoms with E-state index in [0.29, 0.717) is 5.13 Å². The van der Waals surface area contributed by atoms with Gasteiger partial charge in [-0.15, -0.1) is 0 Å². The number of nitrogens with zero attached hydrogens (tertiary/aromatic N) is 1. The van der Waals surface area contributed by atoms with Crippen molar-refractivity contribution in [1.29, 1.82) is 0 Å². The Balaban J connectivity index is 2.81. The number of thiazole rings is 1. The molecule has 1 aromatic heterocycles. The molecule has 0 aromatic carbocycles. The maximum atomic E-state index is 8.55. The van der Waals surface area contributed by atoms with Gasteiger partial charge in [-0.1, -0.05) is 23.1 Å². The minimum absolute atomic E-state index is 0.0858. The molecule has 3 nitrogen and oxygen atoms in total. The molecule has 0 fully saturated rings. The van der Waals surface area contributed by atoms with E-state index in [1.807, 2.05) is 6.92 Å². The van der Waals surface area contributed by atoms with Crippen LogP contribution in [0.25, 0.3) is 0 Å². The van der Waals surface area contributed by atoms with Gasteiger partial charge in [0.15, 0.2) is 5.13 Å². The van der Waals surface area contributed by atoms with Gasteiger partial charge in [0.05, 0.1) is 15.8 Å². The van der Waals surface area contributed by atoms with Crippen LogP contribution < -0.4 is 5.73 Å². The van der Waals surface area contributed by atoms with Crippen LogP contribution in [0.15, 0.2) is 4.21 Å². The fourth-order valence-electron chi connectivity index (χ4n) is 0.595. The number of rotatable bonds is 2. The smallest absolute Gasteiger partial charge is 0.181 e. The van der Waals surface area contributed by atoms with E-state index < -0.39 is 0 Å². The first-order chi connectivity index (χ1) is 4.74. The summed E-state index contributed by atoms with van der Waals surface area (Å²) in [6.07, 6.45) is 0. The van der Waals surface area contributed by atoms with Crippen molar-refractivity contribution in [3.63, 3.8) is 0 Å². The summed E-state index contributed by atoms with van der Waals surface area (Å²) in [6, 6.07) is 0. The molecule has 10 heavy (non-hydrogen) atoms. The fourth-order valence-corrected chi connectivity index (χ4v) is 2.18. The zero-order valence-electron chi connectivity index (χ0n) is 5.50. The Bertz CT molecular complexity index is 223. The lowest BCUT2D eigenvalue weighted by Crippen LogP contribution is -1.80. The lowest BCUT2D eigenvalue weighted by Gasteiger charge is -1.89. The molecule has 56 valence electrons. The molecule has 1 rings (SSSR count). The second-order valence-electron chi connectivity index (χ2n) is 1.70. The largest absolute Gasteiger partial charge is 0.385 e. The number of hydrogen-bond acceptors (Lipinski definition) is 5. The summed E-state index contributed by atoms with van der Waals surface area (Å²) in [5.41, 5.74) is 6.33. The van der Waals surface area contributed by atoms with Gasteiger partial charge in [0.2, 0.25) is 0 Å². The van der Waals surface area contributed by atoms with E-state index in [1.54, 1.807) is 0 Å².